The molecule has 6 aromatic rings. The number of carboxylic acid groups (broad SMARTS) is 1. The van der Waals surface area contributed by atoms with Crippen molar-refractivity contribution >= 4 is 43.7 Å². The lowest BCUT2D eigenvalue weighted by atomic mass is 10.1. The average Bonchev–Trinajstić information content (AvgIpc) is 1.63. The van der Waals surface area contributed by atoms with E-state index >= 15 is 0 Å². The van der Waals surface area contributed by atoms with Gasteiger partial charge in [0.25, 0.3) is 12.9 Å². The number of alkyl halides is 4. The smallest absolute Gasteiger partial charge is 0.338 e. The fourth-order valence-corrected chi connectivity index (χ4v) is 9.95. The minimum atomic E-state index is -2.58. The van der Waals surface area contributed by atoms with Gasteiger partial charge in [0.15, 0.2) is 0 Å². The Labute approximate surface area is 784 Å². The Balaban J connectivity index is 0.000000514. The van der Waals surface area contributed by atoms with Gasteiger partial charge in [0.05, 0.1) is 17.9 Å². The molecule has 21 heteroatoms. The lowest BCUT2D eigenvalue weighted by Crippen LogP contribution is -2.25. The summed E-state index contributed by atoms with van der Waals surface area (Å²) in [6, 6.07) is 10.8. The van der Waals surface area contributed by atoms with Gasteiger partial charge in [-0.15, -0.1) is 24.3 Å². The molecule has 2 unspecified atom stereocenters. The van der Waals surface area contributed by atoms with Crippen LogP contribution in [0.5, 0.6) is 0 Å². The number of imidazole rings is 2. The van der Waals surface area contributed by atoms with Crippen LogP contribution in [0.15, 0.2) is 86.2 Å². The molecule has 1 amide bonds. The van der Waals surface area contributed by atoms with E-state index in [9.17, 15) is 31.9 Å². The van der Waals surface area contributed by atoms with Gasteiger partial charge in [-0.25, -0.2) is 37.3 Å². The monoisotopic (exact) mass is 1780 g/mol. The van der Waals surface area contributed by atoms with Crippen LogP contribution < -0.4 is 5.32 Å². The number of rotatable bonds is 8. The van der Waals surface area contributed by atoms with E-state index in [0.29, 0.717) is 61.8 Å². The summed E-state index contributed by atoms with van der Waals surface area (Å²) in [6.45, 7) is 11.4. The zero-order valence-electron chi connectivity index (χ0n) is 70.1. The van der Waals surface area contributed by atoms with E-state index in [4.69, 9.17) is 11.5 Å². The van der Waals surface area contributed by atoms with Crippen molar-refractivity contribution in [3.8, 4) is 368 Å². The van der Waals surface area contributed by atoms with E-state index < -0.39 is 18.8 Å². The lowest BCUT2D eigenvalue weighted by Gasteiger charge is -2.15. The Morgan fingerprint density at radius 1 is 0.436 bits per heavy atom. The molecule has 0 spiro atoms. The van der Waals surface area contributed by atoms with Crippen molar-refractivity contribution in [1.29, 1.82) is 0 Å². The second-order valence-corrected chi connectivity index (χ2v) is 29.0. The molecule has 0 aromatic carbocycles. The molecule has 632 valence electrons. The number of aliphatic carboxylic acids is 1. The summed E-state index contributed by atoms with van der Waals surface area (Å²) in [5.41, 5.74) is 9.12. The molecule has 0 bridgehead atoms. The van der Waals surface area contributed by atoms with Gasteiger partial charge in [-0.2, -0.15) is 0 Å². The van der Waals surface area contributed by atoms with Crippen LogP contribution in [0, 0.1) is 407 Å². The van der Waals surface area contributed by atoms with Crippen molar-refractivity contribution in [2.75, 3.05) is 0 Å². The molecule has 2 N–H and O–H groups in total. The summed E-state index contributed by atoms with van der Waals surface area (Å²) in [7, 11) is 6.06. The maximum Gasteiger partial charge on any atom is 0.338 e. The molecule has 0 saturated heterocycles. The fraction of sp³-hybridized carbons (Fsp3) is 0.188. The minimum Gasteiger partial charge on any atom is -0.481 e. The summed E-state index contributed by atoms with van der Waals surface area (Å²) >= 11 is 0. The number of hydrogen-bond acceptors (Lipinski definition) is 10. The molecule has 133 heavy (non-hydrogen) atoms. The first-order valence-electron chi connectivity index (χ1n) is 37.6. The van der Waals surface area contributed by atoms with Gasteiger partial charge in [-0.05, 0) is 224 Å². The van der Waals surface area contributed by atoms with Crippen LogP contribution in [0.4, 0.5) is 22.4 Å². The Kier molecular flexibility index (Phi) is 55.6. The van der Waals surface area contributed by atoms with Crippen LogP contribution in [-0.2, 0) is 35.8 Å². The number of pyridine rings is 4. The Bertz CT molecular complexity index is 7540. The third-order valence-electron chi connectivity index (χ3n) is 15.7. The number of nitrogens with zero attached hydrogens (tertiary/aromatic N) is 9. The number of hydrogen-bond donors (Lipinski definition) is 2. The van der Waals surface area contributed by atoms with Crippen LogP contribution in [0.1, 0.15) is 140 Å². The van der Waals surface area contributed by atoms with Gasteiger partial charge in [-0.3, -0.25) is 33.7 Å². The number of fused-ring (bicyclic) bond motifs is 2. The van der Waals surface area contributed by atoms with Crippen molar-refractivity contribution in [2.24, 2.45) is 11.8 Å². The molecule has 2 fully saturated rings. The fourth-order valence-electron chi connectivity index (χ4n) is 9.95. The van der Waals surface area contributed by atoms with Crippen LogP contribution in [0.3, 0.4) is 0 Å². The predicted molar refractivity (Wildman–Crippen MR) is 519 cm³/mol. The number of carbonyl (C=O) groups is 3. The van der Waals surface area contributed by atoms with Crippen LogP contribution in [0.2, 0.25) is 0 Å². The highest BCUT2D eigenvalue weighted by Crippen LogP contribution is 2.50. The van der Waals surface area contributed by atoms with Gasteiger partial charge < -0.3 is 15.3 Å². The van der Waals surface area contributed by atoms with E-state index in [2.05, 4.69) is 426 Å². The molecule has 2 aliphatic heterocycles. The maximum atomic E-state index is 12.9. The number of aromatic nitrogens is 8. The van der Waals surface area contributed by atoms with Gasteiger partial charge in [-0.1, -0.05) is 40.9 Å². The maximum absolute atomic E-state index is 12.9. The summed E-state index contributed by atoms with van der Waals surface area (Å²) in [4.78, 5) is 60.3. The van der Waals surface area contributed by atoms with Gasteiger partial charge in [0.2, 0.25) is 5.91 Å². The summed E-state index contributed by atoms with van der Waals surface area (Å²) in [5.74, 6) is 153. The van der Waals surface area contributed by atoms with Crippen LogP contribution >= 0.6 is 25.8 Å². The van der Waals surface area contributed by atoms with Gasteiger partial charge in [0, 0.05) is 342 Å². The second-order valence-electron chi connectivity index (χ2n) is 24.7. The van der Waals surface area contributed by atoms with Gasteiger partial charge >= 0.3 is 12.0 Å². The van der Waals surface area contributed by atoms with Crippen LogP contribution in [-0.4, -0.2) is 67.0 Å². The number of carbonyl (C=O) groups excluding carboxylic acids is 2. The topological polar surface area (TPSA) is 174 Å². The largest absolute Gasteiger partial charge is 0.481 e. The first kappa shape index (κ1) is 108. The Hall–Kier alpha value is -19.0. The normalized spacial score (nSPS) is 11.1. The van der Waals surface area contributed by atoms with E-state index in [-0.39, 0.29) is 38.2 Å². The Morgan fingerprint density at radius 3 is 1.00 bits per heavy atom. The van der Waals surface area contributed by atoms with E-state index in [0.717, 1.165) is 66.7 Å². The number of amides is 1. The summed E-state index contributed by atoms with van der Waals surface area (Å²) in [6.07, 6.45) is 15.6. The average molecular weight is 1790 g/mol. The van der Waals surface area contributed by atoms with E-state index in [1.165, 1.54) is 45.0 Å². The molecule has 2 aliphatic carbocycles. The van der Waals surface area contributed by atoms with Crippen molar-refractivity contribution in [2.45, 2.75) is 126 Å². The second kappa shape index (κ2) is 68.3. The Morgan fingerprint density at radius 2 is 0.729 bits per heavy atom. The van der Waals surface area contributed by atoms with Crippen molar-refractivity contribution in [3.63, 3.8) is 0 Å². The molecule has 6 aromatic heterocycles. The van der Waals surface area contributed by atoms with E-state index in [1.54, 1.807) is 36.6 Å². The number of nitrogens with one attached hydrogen (secondary N) is 1. The molecular formula is C112H67F4N10O4P3. The lowest BCUT2D eigenvalue weighted by molar-refractivity contribution is -0.137. The molecule has 14 nitrogen and oxygen atoms in total. The molecule has 4 aliphatic rings. The van der Waals surface area contributed by atoms with Crippen molar-refractivity contribution < 1.29 is 37.1 Å². The number of aryl methyl sites for hydroxylation is 4. The number of carboxylic acids is 1. The highest BCUT2D eigenvalue weighted by Gasteiger charge is 2.42. The summed E-state index contributed by atoms with van der Waals surface area (Å²) < 4.78 is 53.3. The summed E-state index contributed by atoms with van der Waals surface area (Å²) in [5, 5.41) is 11.7. The van der Waals surface area contributed by atoms with Gasteiger partial charge in [0.1, 0.15) is 24.0 Å². The minimum absolute atomic E-state index is 0. The predicted octanol–water partition coefficient (Wildman–Crippen LogP) is 11.8. The highest BCUT2D eigenvalue weighted by molar-refractivity contribution is 8.33. The number of terminal acetylenes is 1. The van der Waals surface area contributed by atoms with Crippen molar-refractivity contribution in [1.82, 2.24) is 49.3 Å². The molecule has 2 saturated carbocycles. The molecule has 6 atom stereocenters. The third kappa shape index (κ3) is 48.7. The third-order valence-corrected chi connectivity index (χ3v) is 15.7. The first-order valence-corrected chi connectivity index (χ1v) is 42.2. The molecule has 8 heterocycles. The highest BCUT2D eigenvalue weighted by atomic mass is 32.4. The van der Waals surface area contributed by atoms with Crippen LogP contribution in [0.25, 0.3) is 0 Å². The SMILES string of the molecule is C.C.C#CC#CC#CC#CC#CC#CC#CC#CC#CC#CC#CC#CC#CC#CC#CC#CC#CC#CC#CC#CC#CC#CC#CC#CC#CC#CC#CC#CC#CC#CC#CC.Cc1cc(C(F)F)nc2c1CNC2.Cc1ccc([C@H]2C[C@@H]2CC(=O)N2Cc3nc(C(F)F)cc(C)c3C2)cn1.Cc1ccc([C@H]2C[C@@H]2CC(=O)O)cn1.O=C(n1ccnc1)n1ccnc1.PPP. The quantitative estimate of drug-likeness (QED) is 0.0843. The standard InChI is InChI=1S/C63H4.C20H21F2N3O.C11H13NO2.C9H10F2N2.C7H6N4O.2CH4.H5P3/c1-3-5-7-9-11-13-15-17-19-21-23-25-27-29-31-33-35-37-39-41-43-45-47-49-51-53-55-57-59-61-63-62-60-58-56-54-52-50-48-46-44-42-40-38-36-34-32-30-28-26-24-22-20-18-16-14-12-10-8-6-4-2;1-11-5-17(20(21)22)24-18-10-25(9-16(11)18)19(26)7-14-6-15(14)13-4-3-12(2)23-8-13;1-7-2-3-8(6-12-7)10-4-9(10)5-11(13)14;1-5-2-7(9(10)11)13-8-4-12-3-6(5)8;12-7(10-3-1-8-5-10)11-4-2-9-6-11;;;1-3-2/h1H,2H3;3-5,8,14-15,20H,6-7,9-10H2,1-2H3;2-3,6,9-10H,4-5H2,1H3,(H,13,14);2,9,12H,3-4H2,1H3;1-6H;2*1H4;3H,1-2H2/t;14-,15-;9-,10-;;;;;/m.11...../s1. The zero-order chi connectivity index (χ0) is 94.2. The molecule has 0 radical (unpaired) electrons. The molecule has 10 rings (SSSR count). The first-order chi connectivity index (χ1) is 64.0. The van der Waals surface area contributed by atoms with E-state index in [1.807, 2.05) is 52.2 Å². The van der Waals surface area contributed by atoms with Crippen molar-refractivity contribution in [3.05, 3.63) is 154 Å². The number of halogens is 4. The molecular weight excluding hydrogens is 1720 g/mol. The zero-order valence-corrected chi connectivity index (χ0v) is 73.5.